The maximum absolute atomic E-state index is 12.6. The molecule has 1 aliphatic carbocycles. The number of nitrogen functional groups attached to an aromatic ring is 1. The second-order valence-corrected chi connectivity index (χ2v) is 4.28. The summed E-state index contributed by atoms with van der Waals surface area (Å²) in [7, 11) is 0. The third kappa shape index (κ3) is 3.23. The molecule has 0 saturated heterocycles. The summed E-state index contributed by atoms with van der Waals surface area (Å²) in [4.78, 5) is 18.2. The average molecular weight is 292 g/mol. The number of hydrazine groups is 1. The summed E-state index contributed by atoms with van der Waals surface area (Å²) < 4.78 is 37.8. The van der Waals surface area contributed by atoms with Crippen LogP contribution in [0.1, 0.15) is 12.8 Å². The third-order valence-corrected chi connectivity index (χ3v) is 2.69. The number of nitrogens with one attached hydrogen (secondary N) is 1. The van der Waals surface area contributed by atoms with Crippen molar-refractivity contribution in [1.82, 2.24) is 9.97 Å². The predicted octanol–water partition coefficient (Wildman–Crippen LogP) is 1.20. The third-order valence-electron chi connectivity index (χ3n) is 2.69. The van der Waals surface area contributed by atoms with Crippen molar-refractivity contribution >= 4 is 17.5 Å². The van der Waals surface area contributed by atoms with Gasteiger partial charge in [0.05, 0.1) is 4.92 Å². The number of rotatable bonds is 5. The first-order valence-electron chi connectivity index (χ1n) is 5.63. The Bertz CT molecular complexity index is 519. The van der Waals surface area contributed by atoms with Crippen LogP contribution >= 0.6 is 0 Å². The van der Waals surface area contributed by atoms with Gasteiger partial charge in [-0.05, 0) is 12.8 Å². The van der Waals surface area contributed by atoms with Crippen LogP contribution in [0, 0.1) is 10.1 Å². The first-order valence-corrected chi connectivity index (χ1v) is 5.63. The number of alkyl halides is 3. The highest BCUT2D eigenvalue weighted by Gasteiger charge is 2.41. The van der Waals surface area contributed by atoms with E-state index in [0.29, 0.717) is 12.8 Å². The number of aromatic nitrogens is 2. The zero-order chi connectivity index (χ0) is 14.9. The van der Waals surface area contributed by atoms with Crippen LogP contribution in [0.15, 0.2) is 6.20 Å². The van der Waals surface area contributed by atoms with Gasteiger partial charge in [-0.15, -0.1) is 0 Å². The molecule has 3 N–H and O–H groups in total. The Morgan fingerprint density at radius 3 is 2.65 bits per heavy atom. The highest BCUT2D eigenvalue weighted by Crippen LogP contribution is 2.37. The van der Waals surface area contributed by atoms with E-state index in [2.05, 4.69) is 15.4 Å². The smallest absolute Gasteiger partial charge is 0.339 e. The van der Waals surface area contributed by atoms with Crippen LogP contribution in [0.3, 0.4) is 0 Å². The molecule has 1 heterocycles. The minimum absolute atomic E-state index is 0.182. The van der Waals surface area contributed by atoms with Gasteiger partial charge in [-0.1, -0.05) is 0 Å². The fourth-order valence-electron chi connectivity index (χ4n) is 1.73. The van der Waals surface area contributed by atoms with Gasteiger partial charge in [0.15, 0.2) is 0 Å². The van der Waals surface area contributed by atoms with Crippen molar-refractivity contribution in [2.75, 3.05) is 16.9 Å². The molecule has 20 heavy (non-hydrogen) atoms. The number of hydrogen-bond acceptors (Lipinski definition) is 7. The van der Waals surface area contributed by atoms with Crippen molar-refractivity contribution in [2.24, 2.45) is 5.84 Å². The van der Waals surface area contributed by atoms with Crippen molar-refractivity contribution in [1.29, 1.82) is 0 Å². The van der Waals surface area contributed by atoms with E-state index >= 15 is 0 Å². The van der Waals surface area contributed by atoms with E-state index in [4.69, 9.17) is 5.84 Å². The molecule has 0 amide bonds. The summed E-state index contributed by atoms with van der Waals surface area (Å²) in [6.45, 7) is -1.31. The monoisotopic (exact) mass is 292 g/mol. The maximum Gasteiger partial charge on any atom is 0.405 e. The van der Waals surface area contributed by atoms with Crippen molar-refractivity contribution in [2.45, 2.75) is 25.1 Å². The van der Waals surface area contributed by atoms with Crippen LogP contribution in [0.4, 0.5) is 30.6 Å². The van der Waals surface area contributed by atoms with Gasteiger partial charge in [-0.25, -0.2) is 10.8 Å². The van der Waals surface area contributed by atoms with Gasteiger partial charge in [0.1, 0.15) is 12.7 Å². The molecule has 1 aromatic rings. The summed E-state index contributed by atoms with van der Waals surface area (Å²) in [5.74, 6) is 4.52. The van der Waals surface area contributed by atoms with Crippen LogP contribution in [0.5, 0.6) is 0 Å². The van der Waals surface area contributed by atoms with Gasteiger partial charge in [0.25, 0.3) is 0 Å². The van der Waals surface area contributed by atoms with E-state index in [1.54, 1.807) is 0 Å². The number of hydrogen-bond donors (Lipinski definition) is 2. The lowest BCUT2D eigenvalue weighted by molar-refractivity contribution is -0.384. The highest BCUT2D eigenvalue weighted by molar-refractivity contribution is 5.60. The number of halogens is 3. The standard InChI is InChI=1S/C9H11F3N6O2/c10-9(11,12)4-17(5-1-2-5)7-6(18(19)20)3-14-8(15-7)16-13/h3,5H,1-2,4,13H2,(H,14,15,16). The molecule has 1 aliphatic rings. The lowest BCUT2D eigenvalue weighted by Gasteiger charge is -2.24. The molecule has 0 atom stereocenters. The Kier molecular flexibility index (Phi) is 3.61. The molecule has 2 rings (SSSR count). The van der Waals surface area contributed by atoms with Crippen LogP contribution in [-0.2, 0) is 0 Å². The van der Waals surface area contributed by atoms with Crippen LogP contribution in [0.25, 0.3) is 0 Å². The van der Waals surface area contributed by atoms with Gasteiger partial charge < -0.3 is 4.90 Å². The molecular weight excluding hydrogens is 281 g/mol. The Balaban J connectivity index is 2.42. The highest BCUT2D eigenvalue weighted by atomic mass is 19.4. The Hall–Kier alpha value is -2.17. The summed E-state index contributed by atoms with van der Waals surface area (Å²) in [6.07, 6.45) is -2.59. The fraction of sp³-hybridized carbons (Fsp3) is 0.556. The summed E-state index contributed by atoms with van der Waals surface area (Å²) in [5.41, 5.74) is 1.47. The normalized spacial score (nSPS) is 15.0. The van der Waals surface area contributed by atoms with Crippen molar-refractivity contribution in [3.05, 3.63) is 16.3 Å². The van der Waals surface area contributed by atoms with Crippen molar-refractivity contribution < 1.29 is 18.1 Å². The number of nitrogens with zero attached hydrogens (tertiary/aromatic N) is 4. The van der Waals surface area contributed by atoms with E-state index < -0.39 is 29.4 Å². The predicted molar refractivity (Wildman–Crippen MR) is 62.9 cm³/mol. The molecule has 8 nitrogen and oxygen atoms in total. The molecule has 0 spiro atoms. The molecule has 0 bridgehead atoms. The molecule has 110 valence electrons. The minimum atomic E-state index is -4.49. The lowest BCUT2D eigenvalue weighted by Crippen LogP contribution is -2.37. The second-order valence-electron chi connectivity index (χ2n) is 4.28. The Morgan fingerprint density at radius 2 is 2.20 bits per heavy atom. The molecule has 1 fully saturated rings. The maximum atomic E-state index is 12.6. The zero-order valence-electron chi connectivity index (χ0n) is 10.1. The topological polar surface area (TPSA) is 110 Å². The van der Waals surface area contributed by atoms with E-state index in [0.717, 1.165) is 11.1 Å². The SMILES string of the molecule is NNc1ncc([N+](=O)[O-])c(N(CC(F)(F)F)C2CC2)n1. The molecular formula is C9H11F3N6O2. The first kappa shape index (κ1) is 14.2. The van der Waals surface area contributed by atoms with Gasteiger partial charge in [0.2, 0.25) is 11.8 Å². The van der Waals surface area contributed by atoms with Crippen molar-refractivity contribution in [3.8, 4) is 0 Å². The second kappa shape index (κ2) is 5.07. The molecule has 0 unspecified atom stereocenters. The first-order chi connectivity index (χ1) is 9.31. The van der Waals surface area contributed by atoms with E-state index in [1.807, 2.05) is 0 Å². The minimum Gasteiger partial charge on any atom is -0.339 e. The van der Waals surface area contributed by atoms with Crippen LogP contribution < -0.4 is 16.2 Å². The quantitative estimate of drug-likeness (QED) is 0.476. The molecule has 11 heteroatoms. The zero-order valence-corrected chi connectivity index (χ0v) is 10.1. The number of nitro groups is 1. The molecule has 0 radical (unpaired) electrons. The van der Waals surface area contributed by atoms with E-state index in [9.17, 15) is 23.3 Å². The molecule has 1 saturated carbocycles. The van der Waals surface area contributed by atoms with Gasteiger partial charge in [-0.2, -0.15) is 18.2 Å². The van der Waals surface area contributed by atoms with E-state index in [1.165, 1.54) is 0 Å². The average Bonchev–Trinajstić information content (AvgIpc) is 3.18. The number of nitrogens with two attached hydrogens (primary N) is 1. The summed E-state index contributed by atoms with van der Waals surface area (Å²) in [6, 6.07) is -0.407. The molecule has 0 aromatic carbocycles. The Labute approximate surface area is 110 Å². The van der Waals surface area contributed by atoms with Gasteiger partial charge >= 0.3 is 11.9 Å². The molecule has 0 aliphatic heterocycles. The van der Waals surface area contributed by atoms with E-state index in [-0.39, 0.29) is 11.8 Å². The Morgan fingerprint density at radius 1 is 1.55 bits per heavy atom. The molecule has 1 aromatic heterocycles. The lowest BCUT2D eigenvalue weighted by atomic mass is 10.3. The van der Waals surface area contributed by atoms with Crippen LogP contribution in [-0.4, -0.2) is 33.7 Å². The summed E-state index contributed by atoms with van der Waals surface area (Å²) >= 11 is 0. The number of anilines is 2. The fourth-order valence-corrected chi connectivity index (χ4v) is 1.73. The van der Waals surface area contributed by atoms with Crippen LogP contribution in [0.2, 0.25) is 0 Å². The summed E-state index contributed by atoms with van der Waals surface area (Å²) in [5, 5.41) is 10.9. The van der Waals surface area contributed by atoms with Gasteiger partial charge in [0, 0.05) is 6.04 Å². The largest absolute Gasteiger partial charge is 0.405 e. The van der Waals surface area contributed by atoms with Crippen molar-refractivity contribution in [3.63, 3.8) is 0 Å². The van der Waals surface area contributed by atoms with Gasteiger partial charge in [-0.3, -0.25) is 15.5 Å².